The molecule has 0 aliphatic carbocycles. The number of ether oxygens (including phenoxy) is 1. The Hall–Kier alpha value is -2.91. The number of fused-ring (bicyclic) bond motifs is 1. The highest BCUT2D eigenvalue weighted by atomic mass is 35.5. The molecule has 0 bridgehead atoms. The first-order valence-corrected chi connectivity index (χ1v) is 11.1. The zero-order valence-corrected chi connectivity index (χ0v) is 18.2. The summed E-state index contributed by atoms with van der Waals surface area (Å²) in [6.45, 7) is -0.662. The Morgan fingerprint density at radius 2 is 1.84 bits per heavy atom. The van der Waals surface area contributed by atoms with Crippen LogP contribution in [0.15, 0.2) is 48.5 Å². The zero-order chi connectivity index (χ0) is 22.9. The van der Waals surface area contributed by atoms with E-state index in [9.17, 15) is 23.6 Å². The van der Waals surface area contributed by atoms with Gasteiger partial charge in [-0.1, -0.05) is 23.7 Å². The average molecular weight is 477 g/mol. The third-order valence-corrected chi connectivity index (χ3v) is 7.25. The lowest BCUT2D eigenvalue weighted by Gasteiger charge is -2.33. The van der Waals surface area contributed by atoms with Gasteiger partial charge in [0.25, 0.3) is 11.8 Å². The summed E-state index contributed by atoms with van der Waals surface area (Å²) >= 11 is 7.19. The first-order valence-electron chi connectivity index (χ1n) is 9.79. The molecule has 7 nitrogen and oxygen atoms in total. The van der Waals surface area contributed by atoms with E-state index in [1.165, 1.54) is 53.1 Å². The van der Waals surface area contributed by atoms with Crippen molar-refractivity contribution in [3.05, 3.63) is 70.5 Å². The number of amides is 3. The average Bonchev–Trinajstić information content (AvgIpc) is 3.32. The van der Waals surface area contributed by atoms with E-state index < -0.39 is 35.3 Å². The second kappa shape index (κ2) is 8.91. The molecule has 0 saturated carbocycles. The van der Waals surface area contributed by atoms with E-state index in [2.05, 4.69) is 5.32 Å². The number of nitrogens with zero attached hydrogens (tertiary/aromatic N) is 1. The molecule has 2 aliphatic heterocycles. The number of rotatable bonds is 5. The molecule has 2 aromatic rings. The topological polar surface area (TPSA) is 92.8 Å². The molecular formula is C22H18ClFN2O5S. The molecule has 0 spiro atoms. The number of halogens is 2. The highest BCUT2D eigenvalue weighted by Crippen LogP contribution is 2.54. The van der Waals surface area contributed by atoms with E-state index in [1.54, 1.807) is 12.1 Å². The van der Waals surface area contributed by atoms with E-state index in [4.69, 9.17) is 16.3 Å². The summed E-state index contributed by atoms with van der Waals surface area (Å²) in [5.74, 6) is -2.48. The van der Waals surface area contributed by atoms with Gasteiger partial charge in [-0.2, -0.15) is 0 Å². The first-order chi connectivity index (χ1) is 15.3. The molecule has 2 heterocycles. The number of esters is 1. The predicted molar refractivity (Wildman–Crippen MR) is 115 cm³/mol. The standard InChI is InChI=1S/C22H18ClFN2O5S/c23-15-5-1-13(2-6-15)20(29)25-18(27)11-31-21(30)17-12-32-22(10-9-19(28)26(17)22)14-3-7-16(24)8-4-14/h1-8,17H,9-12H2,(H,25,27,29). The van der Waals surface area contributed by atoms with Crippen molar-refractivity contribution in [2.24, 2.45) is 0 Å². The van der Waals surface area contributed by atoms with Crippen LogP contribution in [0.1, 0.15) is 28.8 Å². The van der Waals surface area contributed by atoms with Gasteiger partial charge in [0.1, 0.15) is 16.7 Å². The number of carbonyl (C=O) groups is 4. The van der Waals surface area contributed by atoms with Gasteiger partial charge in [0.15, 0.2) is 6.61 Å². The highest BCUT2D eigenvalue weighted by Gasteiger charge is 2.57. The van der Waals surface area contributed by atoms with Crippen molar-refractivity contribution in [2.75, 3.05) is 12.4 Å². The Balaban J connectivity index is 1.39. The van der Waals surface area contributed by atoms with Gasteiger partial charge in [-0.25, -0.2) is 9.18 Å². The first kappa shape index (κ1) is 22.3. The van der Waals surface area contributed by atoms with Gasteiger partial charge in [0, 0.05) is 22.8 Å². The molecule has 2 unspecified atom stereocenters. The summed E-state index contributed by atoms with van der Waals surface area (Å²) in [4.78, 5) is 50.1. The van der Waals surface area contributed by atoms with Crippen LogP contribution < -0.4 is 5.32 Å². The Morgan fingerprint density at radius 3 is 2.53 bits per heavy atom. The number of hydrogen-bond acceptors (Lipinski definition) is 6. The van der Waals surface area contributed by atoms with E-state index in [1.807, 2.05) is 0 Å². The summed E-state index contributed by atoms with van der Waals surface area (Å²) < 4.78 is 18.5. The summed E-state index contributed by atoms with van der Waals surface area (Å²) in [6, 6.07) is 10.9. The zero-order valence-electron chi connectivity index (χ0n) is 16.7. The number of thioether (sulfide) groups is 1. The van der Waals surface area contributed by atoms with Crippen LogP contribution in [0.3, 0.4) is 0 Å². The minimum Gasteiger partial charge on any atom is -0.454 e. The third kappa shape index (κ3) is 4.22. The summed E-state index contributed by atoms with van der Waals surface area (Å²) in [7, 11) is 0. The van der Waals surface area contributed by atoms with Crippen molar-refractivity contribution >= 4 is 47.1 Å². The smallest absolute Gasteiger partial charge is 0.330 e. The Labute approximate surface area is 192 Å². The van der Waals surface area contributed by atoms with Crippen LogP contribution in [0.4, 0.5) is 4.39 Å². The van der Waals surface area contributed by atoms with Gasteiger partial charge in [-0.3, -0.25) is 19.7 Å². The molecule has 32 heavy (non-hydrogen) atoms. The quantitative estimate of drug-likeness (QED) is 0.667. The number of hydrogen-bond donors (Lipinski definition) is 1. The van der Waals surface area contributed by atoms with Crippen LogP contribution in [0, 0.1) is 5.82 Å². The molecule has 2 aliphatic rings. The SMILES string of the molecule is O=C(COC(=O)C1CSC2(c3ccc(F)cc3)CCC(=O)N12)NC(=O)c1ccc(Cl)cc1. The van der Waals surface area contributed by atoms with Crippen molar-refractivity contribution in [3.63, 3.8) is 0 Å². The van der Waals surface area contributed by atoms with Crippen molar-refractivity contribution in [3.8, 4) is 0 Å². The lowest BCUT2D eigenvalue weighted by molar-refractivity contribution is -0.156. The van der Waals surface area contributed by atoms with Crippen molar-refractivity contribution in [2.45, 2.75) is 23.8 Å². The predicted octanol–water partition coefficient (Wildman–Crippen LogP) is 2.87. The van der Waals surface area contributed by atoms with Crippen LogP contribution in [0.25, 0.3) is 0 Å². The number of benzene rings is 2. The Morgan fingerprint density at radius 1 is 1.16 bits per heavy atom. The minimum absolute atomic E-state index is 0.205. The summed E-state index contributed by atoms with van der Waals surface area (Å²) in [5.41, 5.74) is 0.962. The van der Waals surface area contributed by atoms with Gasteiger partial charge in [-0.15, -0.1) is 11.8 Å². The van der Waals surface area contributed by atoms with Crippen molar-refractivity contribution < 1.29 is 28.3 Å². The normalized spacial score (nSPS) is 21.9. The highest BCUT2D eigenvalue weighted by molar-refractivity contribution is 8.00. The maximum absolute atomic E-state index is 13.4. The largest absolute Gasteiger partial charge is 0.454 e. The second-order valence-electron chi connectivity index (χ2n) is 7.37. The summed E-state index contributed by atoms with van der Waals surface area (Å²) in [5, 5.41) is 2.58. The van der Waals surface area contributed by atoms with Gasteiger partial charge in [0.05, 0.1) is 0 Å². The molecule has 2 atom stereocenters. The molecule has 4 rings (SSSR count). The molecule has 3 amide bonds. The minimum atomic E-state index is -0.875. The monoisotopic (exact) mass is 476 g/mol. The van der Waals surface area contributed by atoms with E-state index in [0.717, 1.165) is 5.56 Å². The molecule has 0 radical (unpaired) electrons. The molecule has 2 saturated heterocycles. The molecule has 166 valence electrons. The molecule has 10 heteroatoms. The number of imide groups is 1. The Kier molecular flexibility index (Phi) is 6.21. The fourth-order valence-corrected chi connectivity index (χ4v) is 5.66. The lowest BCUT2D eigenvalue weighted by atomic mass is 10.0. The lowest BCUT2D eigenvalue weighted by Crippen LogP contribution is -2.47. The van der Waals surface area contributed by atoms with E-state index >= 15 is 0 Å². The number of nitrogens with one attached hydrogen (secondary N) is 1. The van der Waals surface area contributed by atoms with Gasteiger partial charge < -0.3 is 9.64 Å². The summed E-state index contributed by atoms with van der Waals surface area (Å²) in [6.07, 6.45) is 0.742. The maximum Gasteiger partial charge on any atom is 0.330 e. The third-order valence-electron chi connectivity index (χ3n) is 5.40. The molecule has 2 aromatic carbocycles. The van der Waals surface area contributed by atoms with Gasteiger partial charge in [0.2, 0.25) is 5.91 Å². The van der Waals surface area contributed by atoms with Crippen molar-refractivity contribution in [1.29, 1.82) is 0 Å². The van der Waals surface area contributed by atoms with Crippen LogP contribution in [-0.4, -0.2) is 47.0 Å². The second-order valence-corrected chi connectivity index (χ2v) is 9.11. The fourth-order valence-electron chi connectivity index (χ4n) is 3.90. The molecular weight excluding hydrogens is 459 g/mol. The van der Waals surface area contributed by atoms with Gasteiger partial charge in [-0.05, 0) is 48.4 Å². The molecule has 1 N–H and O–H groups in total. The van der Waals surface area contributed by atoms with Crippen molar-refractivity contribution in [1.82, 2.24) is 10.2 Å². The van der Waals surface area contributed by atoms with E-state index in [0.29, 0.717) is 11.4 Å². The van der Waals surface area contributed by atoms with Crippen LogP contribution >= 0.6 is 23.4 Å². The van der Waals surface area contributed by atoms with Gasteiger partial charge >= 0.3 is 5.97 Å². The van der Waals surface area contributed by atoms with Crippen LogP contribution in [0.2, 0.25) is 5.02 Å². The number of carbonyl (C=O) groups excluding carboxylic acids is 4. The fraction of sp³-hybridized carbons (Fsp3) is 0.273. The maximum atomic E-state index is 13.4. The molecule has 0 aromatic heterocycles. The van der Waals surface area contributed by atoms with Crippen LogP contribution in [0.5, 0.6) is 0 Å². The van der Waals surface area contributed by atoms with Crippen LogP contribution in [-0.2, 0) is 24.0 Å². The Bertz CT molecular complexity index is 1080. The molecule has 2 fully saturated rings. The van der Waals surface area contributed by atoms with E-state index in [-0.39, 0.29) is 29.5 Å².